The number of aryl methyl sites for hydroxylation is 1. The molecule has 0 atom stereocenters. The van der Waals surface area contributed by atoms with Crippen molar-refractivity contribution in [3.05, 3.63) is 30.6 Å². The van der Waals surface area contributed by atoms with Crippen molar-refractivity contribution >= 4 is 5.78 Å². The van der Waals surface area contributed by atoms with E-state index in [2.05, 4.69) is 11.7 Å². The summed E-state index contributed by atoms with van der Waals surface area (Å²) in [5.74, 6) is 0.00343. The van der Waals surface area contributed by atoms with E-state index in [1.807, 2.05) is 19.3 Å². The zero-order chi connectivity index (χ0) is 8.27. The fourth-order valence-electron chi connectivity index (χ4n) is 0.808. The van der Waals surface area contributed by atoms with Crippen LogP contribution in [0.15, 0.2) is 24.9 Å². The summed E-state index contributed by atoms with van der Waals surface area (Å²) in [4.78, 5) is 10.8. The van der Waals surface area contributed by atoms with Crippen molar-refractivity contribution in [2.45, 2.75) is 6.42 Å². The van der Waals surface area contributed by atoms with E-state index in [9.17, 15) is 4.79 Å². The van der Waals surface area contributed by atoms with Crippen molar-refractivity contribution in [3.63, 3.8) is 0 Å². The molecule has 0 aromatic carbocycles. The van der Waals surface area contributed by atoms with Crippen molar-refractivity contribution in [2.75, 3.05) is 0 Å². The third kappa shape index (κ3) is 2.04. The summed E-state index contributed by atoms with van der Waals surface area (Å²) >= 11 is 0. The van der Waals surface area contributed by atoms with Gasteiger partial charge in [0.1, 0.15) is 0 Å². The molecule has 0 fully saturated rings. The number of carbonyl (C=O) groups is 1. The van der Waals surface area contributed by atoms with Crippen LogP contribution in [0, 0.1) is 0 Å². The number of nitrogens with zero attached hydrogens (tertiary/aromatic N) is 2. The third-order valence-corrected chi connectivity index (χ3v) is 1.35. The van der Waals surface area contributed by atoms with E-state index in [0.29, 0.717) is 6.42 Å². The van der Waals surface area contributed by atoms with Crippen LogP contribution in [0.4, 0.5) is 0 Å². The molecule has 1 aromatic heterocycles. The van der Waals surface area contributed by atoms with Gasteiger partial charge in [-0.05, 0) is 12.1 Å². The smallest absolute Gasteiger partial charge is 0.161 e. The molecule has 0 unspecified atom stereocenters. The Morgan fingerprint density at radius 1 is 1.91 bits per heavy atom. The lowest BCUT2D eigenvalue weighted by molar-refractivity contribution is -0.114. The van der Waals surface area contributed by atoms with Crippen LogP contribution in [0.5, 0.6) is 0 Å². The van der Waals surface area contributed by atoms with Gasteiger partial charge in [-0.15, -0.1) is 0 Å². The maximum Gasteiger partial charge on any atom is 0.161 e. The van der Waals surface area contributed by atoms with Gasteiger partial charge < -0.3 is 0 Å². The first kappa shape index (κ1) is 7.72. The van der Waals surface area contributed by atoms with Crippen LogP contribution in [0.25, 0.3) is 0 Å². The van der Waals surface area contributed by atoms with E-state index in [1.54, 1.807) is 4.68 Å². The van der Waals surface area contributed by atoms with E-state index in [-0.39, 0.29) is 5.78 Å². The molecule has 0 amide bonds. The molecule has 58 valence electrons. The lowest BCUT2D eigenvalue weighted by Gasteiger charge is -1.88. The Balaban J connectivity index is 2.64. The van der Waals surface area contributed by atoms with Crippen molar-refractivity contribution in [1.82, 2.24) is 9.78 Å². The van der Waals surface area contributed by atoms with Gasteiger partial charge in [0.05, 0.1) is 12.1 Å². The van der Waals surface area contributed by atoms with Crippen LogP contribution in [0.2, 0.25) is 0 Å². The molecule has 1 rings (SSSR count). The molecule has 0 saturated carbocycles. The Hall–Kier alpha value is -1.38. The summed E-state index contributed by atoms with van der Waals surface area (Å²) in [7, 11) is 1.82. The second kappa shape index (κ2) is 3.14. The molecule has 0 radical (unpaired) electrons. The molecule has 1 heterocycles. The molecule has 0 saturated heterocycles. The van der Waals surface area contributed by atoms with E-state index in [4.69, 9.17) is 0 Å². The van der Waals surface area contributed by atoms with Crippen molar-refractivity contribution in [3.8, 4) is 0 Å². The summed E-state index contributed by atoms with van der Waals surface area (Å²) in [5.41, 5.74) is 0.789. The second-order valence-corrected chi connectivity index (χ2v) is 2.33. The van der Waals surface area contributed by atoms with Gasteiger partial charge in [0.2, 0.25) is 0 Å². The average molecular weight is 150 g/mol. The molecule has 3 heteroatoms. The Bertz CT molecular complexity index is 275. The van der Waals surface area contributed by atoms with Crippen molar-refractivity contribution < 1.29 is 4.79 Å². The predicted molar refractivity (Wildman–Crippen MR) is 42.1 cm³/mol. The van der Waals surface area contributed by atoms with E-state index in [0.717, 1.165) is 5.69 Å². The number of aromatic nitrogens is 2. The van der Waals surface area contributed by atoms with Gasteiger partial charge in [-0.2, -0.15) is 5.10 Å². The lowest BCUT2D eigenvalue weighted by Crippen LogP contribution is -1.99. The Kier molecular flexibility index (Phi) is 2.21. The van der Waals surface area contributed by atoms with E-state index in [1.165, 1.54) is 6.08 Å². The minimum absolute atomic E-state index is 0.00343. The van der Waals surface area contributed by atoms with Crippen LogP contribution in [0.3, 0.4) is 0 Å². The van der Waals surface area contributed by atoms with Crippen LogP contribution in [0.1, 0.15) is 5.69 Å². The van der Waals surface area contributed by atoms with E-state index < -0.39 is 0 Å². The quantitative estimate of drug-likeness (QED) is 0.595. The molecular formula is C8H10N2O. The maximum absolute atomic E-state index is 10.8. The minimum atomic E-state index is 0.00343. The SMILES string of the molecule is C=CC(=O)Cc1ccn(C)n1. The fraction of sp³-hybridized carbons (Fsp3) is 0.250. The van der Waals surface area contributed by atoms with Gasteiger partial charge in [0, 0.05) is 13.2 Å². The molecule has 0 aliphatic carbocycles. The first-order valence-corrected chi connectivity index (χ1v) is 3.36. The largest absolute Gasteiger partial charge is 0.294 e. The first-order chi connectivity index (χ1) is 5.22. The van der Waals surface area contributed by atoms with E-state index >= 15 is 0 Å². The number of rotatable bonds is 3. The van der Waals surface area contributed by atoms with Crippen molar-refractivity contribution in [2.24, 2.45) is 7.05 Å². The van der Waals surface area contributed by atoms with Gasteiger partial charge in [-0.25, -0.2) is 0 Å². The summed E-state index contributed by atoms with van der Waals surface area (Å²) < 4.78 is 1.67. The second-order valence-electron chi connectivity index (χ2n) is 2.33. The van der Waals surface area contributed by atoms with Crippen LogP contribution in [-0.2, 0) is 18.3 Å². The number of hydrogen-bond donors (Lipinski definition) is 0. The summed E-state index contributed by atoms with van der Waals surface area (Å²) in [5, 5.41) is 4.05. The minimum Gasteiger partial charge on any atom is -0.294 e. The molecule has 0 spiro atoms. The Labute approximate surface area is 65.3 Å². The highest BCUT2D eigenvalue weighted by molar-refractivity contribution is 5.90. The summed E-state index contributed by atoms with van der Waals surface area (Å²) in [6, 6.07) is 1.82. The lowest BCUT2D eigenvalue weighted by atomic mass is 10.2. The van der Waals surface area contributed by atoms with Gasteiger partial charge in [-0.3, -0.25) is 9.48 Å². The predicted octanol–water partition coefficient (Wildman–Crippen LogP) is 0.718. The number of allylic oxidation sites excluding steroid dienone is 1. The molecule has 0 aliphatic rings. The highest BCUT2D eigenvalue weighted by atomic mass is 16.1. The first-order valence-electron chi connectivity index (χ1n) is 3.36. The molecule has 11 heavy (non-hydrogen) atoms. The highest BCUT2D eigenvalue weighted by Gasteiger charge is 2.00. The molecule has 1 aromatic rings. The van der Waals surface area contributed by atoms with Crippen LogP contribution in [-0.4, -0.2) is 15.6 Å². The zero-order valence-corrected chi connectivity index (χ0v) is 6.45. The van der Waals surface area contributed by atoms with Crippen LogP contribution < -0.4 is 0 Å². The van der Waals surface area contributed by atoms with Gasteiger partial charge in [0.25, 0.3) is 0 Å². The number of carbonyl (C=O) groups excluding carboxylic acids is 1. The molecular weight excluding hydrogens is 140 g/mol. The molecule has 3 nitrogen and oxygen atoms in total. The highest BCUT2D eigenvalue weighted by Crippen LogP contribution is 1.95. The standard InChI is InChI=1S/C8H10N2O/c1-3-8(11)6-7-4-5-10(2)9-7/h3-5H,1,6H2,2H3. The van der Waals surface area contributed by atoms with Crippen LogP contribution >= 0.6 is 0 Å². The molecule has 0 N–H and O–H groups in total. The summed E-state index contributed by atoms with van der Waals surface area (Å²) in [6.45, 7) is 3.38. The number of ketones is 1. The molecule has 0 bridgehead atoms. The monoisotopic (exact) mass is 150 g/mol. The Morgan fingerprint density at radius 3 is 3.09 bits per heavy atom. The topological polar surface area (TPSA) is 34.9 Å². The average Bonchev–Trinajstić information content (AvgIpc) is 2.35. The fourth-order valence-corrected chi connectivity index (χ4v) is 0.808. The van der Waals surface area contributed by atoms with Gasteiger partial charge >= 0.3 is 0 Å². The summed E-state index contributed by atoms with van der Waals surface area (Å²) in [6.07, 6.45) is 3.48. The number of hydrogen-bond acceptors (Lipinski definition) is 2. The maximum atomic E-state index is 10.8. The molecule has 0 aliphatic heterocycles. The Morgan fingerprint density at radius 2 is 2.64 bits per heavy atom. The zero-order valence-electron chi connectivity index (χ0n) is 6.45. The normalized spacial score (nSPS) is 9.55. The third-order valence-electron chi connectivity index (χ3n) is 1.35. The van der Waals surface area contributed by atoms with Gasteiger partial charge in [0.15, 0.2) is 5.78 Å². The van der Waals surface area contributed by atoms with Gasteiger partial charge in [-0.1, -0.05) is 6.58 Å². The van der Waals surface area contributed by atoms with Crippen molar-refractivity contribution in [1.29, 1.82) is 0 Å².